The van der Waals surface area contributed by atoms with Crippen molar-refractivity contribution in [3.63, 3.8) is 0 Å². The molecule has 0 spiro atoms. The minimum absolute atomic E-state index is 0.128. The summed E-state index contributed by atoms with van der Waals surface area (Å²) >= 11 is 0. The molecule has 2 nitrogen and oxygen atoms in total. The Kier molecular flexibility index (Phi) is 4.80. The molecule has 5 heteroatoms. The molecule has 124 valence electrons. The third-order valence-corrected chi connectivity index (χ3v) is 8.54. The van der Waals surface area contributed by atoms with Crippen LogP contribution in [0.1, 0.15) is 20.8 Å². The summed E-state index contributed by atoms with van der Waals surface area (Å²) in [5.74, 6) is -0.400. The van der Waals surface area contributed by atoms with E-state index in [-0.39, 0.29) is 5.04 Å². The molecule has 2 aromatic rings. The topological polar surface area (TPSA) is 21.3 Å². The second-order valence-corrected chi connectivity index (χ2v) is 11.9. The van der Waals surface area contributed by atoms with Gasteiger partial charge in [-0.05, 0) is 54.5 Å². The molecule has 0 aliphatic rings. The van der Waals surface area contributed by atoms with E-state index in [2.05, 4.69) is 39.2 Å². The molecule has 2 rings (SSSR count). The Labute approximate surface area is 137 Å². The predicted octanol–water partition coefficient (Wildman–Crippen LogP) is 6.09. The molecule has 0 aromatic heterocycles. The van der Waals surface area contributed by atoms with E-state index in [1.807, 2.05) is 24.3 Å². The van der Waals surface area contributed by atoms with Gasteiger partial charge in [0, 0.05) is 17.4 Å². The molecule has 0 aliphatic heterocycles. The molecule has 0 saturated heterocycles. The van der Waals surface area contributed by atoms with Gasteiger partial charge in [-0.25, -0.2) is 8.78 Å². The number of hydrogen-bond acceptors (Lipinski definition) is 2. The van der Waals surface area contributed by atoms with Gasteiger partial charge < -0.3 is 9.74 Å². The molecular formula is C18H23F2NOSi. The van der Waals surface area contributed by atoms with Crippen molar-refractivity contribution in [3.8, 4) is 5.75 Å². The average Bonchev–Trinajstić information content (AvgIpc) is 2.38. The lowest BCUT2D eigenvalue weighted by Gasteiger charge is -2.36. The highest BCUT2D eigenvalue weighted by molar-refractivity contribution is 6.74. The van der Waals surface area contributed by atoms with Crippen LogP contribution in [-0.2, 0) is 0 Å². The Hall–Kier alpha value is -1.88. The van der Waals surface area contributed by atoms with E-state index in [4.69, 9.17) is 4.43 Å². The zero-order chi connectivity index (χ0) is 17.3. The van der Waals surface area contributed by atoms with Crippen molar-refractivity contribution in [2.24, 2.45) is 0 Å². The van der Waals surface area contributed by atoms with Crippen LogP contribution in [0.15, 0.2) is 42.5 Å². The number of benzene rings is 2. The first kappa shape index (κ1) is 17.5. The molecule has 0 aliphatic carbocycles. The Balaban J connectivity index is 2.11. The summed E-state index contributed by atoms with van der Waals surface area (Å²) in [6.45, 7) is 10.9. The van der Waals surface area contributed by atoms with Gasteiger partial charge in [0.25, 0.3) is 0 Å². The number of nitrogens with one attached hydrogen (secondary N) is 1. The number of anilines is 2. The molecule has 0 bridgehead atoms. The fourth-order valence-corrected chi connectivity index (χ4v) is 2.88. The first-order valence-electron chi connectivity index (χ1n) is 7.59. The number of halogens is 2. The van der Waals surface area contributed by atoms with E-state index in [1.54, 1.807) is 0 Å². The van der Waals surface area contributed by atoms with Gasteiger partial charge in [-0.2, -0.15) is 0 Å². The summed E-state index contributed by atoms with van der Waals surface area (Å²) < 4.78 is 32.6. The SMILES string of the molecule is CC(C)(C)[Si](C)(C)Oc1ccc(Nc2cc(F)cc(F)c2)cc1. The number of hydrogen-bond donors (Lipinski definition) is 1. The fraction of sp³-hybridized carbons (Fsp3) is 0.333. The van der Waals surface area contributed by atoms with Crippen molar-refractivity contribution in [1.82, 2.24) is 0 Å². The van der Waals surface area contributed by atoms with Gasteiger partial charge >= 0.3 is 0 Å². The minimum atomic E-state index is -1.87. The molecule has 0 heterocycles. The summed E-state index contributed by atoms with van der Waals surface area (Å²) in [6.07, 6.45) is 0. The zero-order valence-corrected chi connectivity index (χ0v) is 15.2. The predicted molar refractivity (Wildman–Crippen MR) is 93.9 cm³/mol. The normalized spacial score (nSPS) is 12.1. The lowest BCUT2D eigenvalue weighted by Crippen LogP contribution is -2.43. The third-order valence-electron chi connectivity index (χ3n) is 4.18. The smallest absolute Gasteiger partial charge is 0.250 e. The highest BCUT2D eigenvalue weighted by Gasteiger charge is 2.38. The van der Waals surface area contributed by atoms with E-state index < -0.39 is 20.0 Å². The van der Waals surface area contributed by atoms with Crippen molar-refractivity contribution < 1.29 is 13.2 Å². The van der Waals surface area contributed by atoms with Crippen LogP contribution in [-0.4, -0.2) is 8.32 Å². The van der Waals surface area contributed by atoms with Gasteiger partial charge in [-0.3, -0.25) is 0 Å². The second-order valence-electron chi connectivity index (χ2n) is 7.17. The van der Waals surface area contributed by atoms with Crippen LogP contribution in [0.2, 0.25) is 18.1 Å². The summed E-state index contributed by atoms with van der Waals surface area (Å²) in [4.78, 5) is 0. The summed E-state index contributed by atoms with van der Waals surface area (Å²) in [5.41, 5.74) is 1.12. The Morgan fingerprint density at radius 2 is 1.39 bits per heavy atom. The molecule has 1 N–H and O–H groups in total. The molecule has 0 atom stereocenters. The van der Waals surface area contributed by atoms with Gasteiger partial charge in [0.1, 0.15) is 17.4 Å². The molecule has 0 amide bonds. The highest BCUT2D eigenvalue weighted by atomic mass is 28.4. The molecular weight excluding hydrogens is 312 g/mol. The van der Waals surface area contributed by atoms with E-state index in [0.29, 0.717) is 5.69 Å². The average molecular weight is 335 g/mol. The molecule has 23 heavy (non-hydrogen) atoms. The van der Waals surface area contributed by atoms with Crippen molar-refractivity contribution in [2.45, 2.75) is 38.9 Å². The van der Waals surface area contributed by atoms with Crippen LogP contribution >= 0.6 is 0 Å². The van der Waals surface area contributed by atoms with Crippen molar-refractivity contribution in [2.75, 3.05) is 5.32 Å². The molecule has 0 radical (unpaired) electrons. The number of rotatable bonds is 4. The van der Waals surface area contributed by atoms with E-state index >= 15 is 0 Å². The van der Waals surface area contributed by atoms with Gasteiger partial charge in [-0.1, -0.05) is 20.8 Å². The van der Waals surface area contributed by atoms with Crippen molar-refractivity contribution >= 4 is 19.7 Å². The van der Waals surface area contributed by atoms with Crippen molar-refractivity contribution in [3.05, 3.63) is 54.1 Å². The molecule has 0 saturated carbocycles. The summed E-state index contributed by atoms with van der Waals surface area (Å²) in [6, 6.07) is 10.8. The van der Waals surface area contributed by atoms with Crippen LogP contribution in [0.25, 0.3) is 0 Å². The lowest BCUT2D eigenvalue weighted by atomic mass is 10.2. The van der Waals surface area contributed by atoms with Gasteiger partial charge in [0.2, 0.25) is 8.32 Å². The first-order chi connectivity index (χ1) is 10.6. The maximum Gasteiger partial charge on any atom is 0.250 e. The largest absolute Gasteiger partial charge is 0.544 e. The van der Waals surface area contributed by atoms with Gasteiger partial charge in [-0.15, -0.1) is 0 Å². The van der Waals surface area contributed by atoms with Crippen LogP contribution in [0.4, 0.5) is 20.2 Å². The third kappa shape index (κ3) is 4.54. The molecule has 2 aromatic carbocycles. The van der Waals surface area contributed by atoms with E-state index in [0.717, 1.165) is 17.5 Å². The van der Waals surface area contributed by atoms with Crippen LogP contribution in [0.3, 0.4) is 0 Å². The van der Waals surface area contributed by atoms with Crippen LogP contribution in [0.5, 0.6) is 5.75 Å². The Morgan fingerprint density at radius 1 is 0.870 bits per heavy atom. The zero-order valence-electron chi connectivity index (χ0n) is 14.2. The molecule has 0 fully saturated rings. The van der Waals surface area contributed by atoms with Gasteiger partial charge in [0.15, 0.2) is 0 Å². The fourth-order valence-electron chi connectivity index (χ4n) is 1.85. The summed E-state index contributed by atoms with van der Waals surface area (Å²) in [7, 11) is -1.87. The van der Waals surface area contributed by atoms with Crippen LogP contribution in [0, 0.1) is 11.6 Å². The van der Waals surface area contributed by atoms with E-state index in [1.165, 1.54) is 12.1 Å². The lowest BCUT2D eigenvalue weighted by molar-refractivity contribution is 0.492. The van der Waals surface area contributed by atoms with Crippen LogP contribution < -0.4 is 9.74 Å². The maximum absolute atomic E-state index is 13.2. The molecule has 0 unspecified atom stereocenters. The van der Waals surface area contributed by atoms with E-state index in [9.17, 15) is 8.78 Å². The van der Waals surface area contributed by atoms with Gasteiger partial charge in [0.05, 0.1) is 0 Å². The van der Waals surface area contributed by atoms with Crippen molar-refractivity contribution in [1.29, 1.82) is 0 Å². The quantitative estimate of drug-likeness (QED) is 0.682. The monoisotopic (exact) mass is 335 g/mol. The highest BCUT2D eigenvalue weighted by Crippen LogP contribution is 2.37. The Morgan fingerprint density at radius 3 is 1.87 bits per heavy atom. The minimum Gasteiger partial charge on any atom is -0.544 e. The Bertz CT molecular complexity index is 658. The standard InChI is InChI=1S/C18H23F2NOSi/c1-18(2,3)23(4,5)22-17-8-6-15(7-9-17)21-16-11-13(19)10-14(20)12-16/h6-12,21H,1-5H3. The second kappa shape index (κ2) is 6.32. The maximum atomic E-state index is 13.2. The first-order valence-corrected chi connectivity index (χ1v) is 10.5. The summed E-state index contributed by atoms with van der Waals surface area (Å²) in [5, 5.41) is 3.11.